The van der Waals surface area contributed by atoms with Gasteiger partial charge in [-0.15, -0.1) is 0 Å². The maximum absolute atomic E-state index is 5.54. The molecule has 1 aliphatic rings. The minimum absolute atomic E-state index is 0.745. The van der Waals surface area contributed by atoms with Gasteiger partial charge in [-0.1, -0.05) is 97.1 Å². The van der Waals surface area contributed by atoms with Crippen molar-refractivity contribution in [2.75, 3.05) is 16.8 Å². The average Bonchev–Trinajstić information content (AvgIpc) is 4.05. The lowest BCUT2D eigenvalue weighted by atomic mass is 9.78. The van der Waals surface area contributed by atoms with E-state index in [-0.39, 0.29) is 0 Å². The third kappa shape index (κ3) is 6.13. The number of imidazole rings is 3. The lowest BCUT2D eigenvalue weighted by Gasteiger charge is -2.38. The number of aromatic nitrogens is 9. The summed E-state index contributed by atoms with van der Waals surface area (Å²) in [7, 11) is 8.32. The number of pyridine rings is 3. The van der Waals surface area contributed by atoms with E-state index < -0.39 is 0 Å². The number of aryl methyl sites for hydroxylation is 3. The van der Waals surface area contributed by atoms with Crippen molar-refractivity contribution in [1.29, 1.82) is 0 Å². The van der Waals surface area contributed by atoms with Crippen LogP contribution in [0.25, 0.3) is 101 Å². The topological polar surface area (TPSA) is 98.6 Å². The van der Waals surface area contributed by atoms with Crippen molar-refractivity contribution in [2.24, 2.45) is 21.1 Å². The summed E-state index contributed by atoms with van der Waals surface area (Å²) in [5.41, 5.74) is 18.6. The minimum atomic E-state index is 0.745. The summed E-state index contributed by atoms with van der Waals surface area (Å²) < 4.78 is 6.37. The van der Waals surface area contributed by atoms with Crippen LogP contribution in [-0.2, 0) is 21.1 Å². The van der Waals surface area contributed by atoms with Crippen LogP contribution in [0.1, 0.15) is 0 Å². The van der Waals surface area contributed by atoms with Crippen molar-refractivity contribution in [3.05, 3.63) is 188 Å². The normalized spacial score (nSPS) is 12.3. The molecule has 12 aromatic rings. The van der Waals surface area contributed by atoms with Crippen LogP contribution in [0.4, 0.5) is 28.4 Å². The molecule has 0 spiro atoms. The number of nitrogens with zero attached hydrogens (tertiary/aromatic N) is 11. The molecule has 69 heavy (non-hydrogen) atoms. The van der Waals surface area contributed by atoms with Crippen LogP contribution >= 0.6 is 0 Å². The van der Waals surface area contributed by atoms with Crippen LogP contribution in [0.3, 0.4) is 0 Å². The monoisotopic (exact) mass is 893 g/mol. The first-order chi connectivity index (χ1) is 33.9. The van der Waals surface area contributed by atoms with Gasteiger partial charge < -0.3 is 23.5 Å². The summed E-state index contributed by atoms with van der Waals surface area (Å²) in [5.74, 6) is 2.24. The molecule has 6 aromatic heterocycles. The van der Waals surface area contributed by atoms with Gasteiger partial charge in [-0.3, -0.25) is 0 Å². The Morgan fingerprint density at radius 3 is 1.09 bits per heavy atom. The van der Waals surface area contributed by atoms with E-state index in [1.54, 1.807) is 0 Å². The van der Waals surface area contributed by atoms with E-state index in [0.29, 0.717) is 0 Å². The highest BCUT2D eigenvalue weighted by molar-refractivity contribution is 6.15. The number of benzene rings is 6. The molecule has 6 aromatic carbocycles. The van der Waals surface area contributed by atoms with Crippen LogP contribution in [0.15, 0.2) is 188 Å². The maximum atomic E-state index is 5.54. The van der Waals surface area contributed by atoms with Crippen molar-refractivity contribution >= 4 is 61.9 Å². The Balaban J connectivity index is 1.27. The highest BCUT2D eigenvalue weighted by Gasteiger charge is 2.35. The first-order valence-electron chi connectivity index (χ1n) is 22.9. The quantitative estimate of drug-likeness (QED) is 0.156. The fraction of sp³-hybridized carbons (Fsp3) is 0.0690. The molecule has 0 saturated carbocycles. The van der Waals surface area contributed by atoms with Gasteiger partial charge in [0, 0.05) is 85.8 Å². The summed E-state index contributed by atoms with van der Waals surface area (Å²) >= 11 is 0. The van der Waals surface area contributed by atoms with Crippen molar-refractivity contribution < 1.29 is 0 Å². The van der Waals surface area contributed by atoms with Crippen molar-refractivity contribution in [2.45, 2.75) is 0 Å². The first kappa shape index (κ1) is 40.1. The summed E-state index contributed by atoms with van der Waals surface area (Å²) in [6.45, 7) is 0. The first-order valence-corrected chi connectivity index (χ1v) is 22.9. The van der Waals surface area contributed by atoms with Crippen LogP contribution < -0.4 is 9.80 Å². The molecule has 0 bridgehead atoms. The van der Waals surface area contributed by atoms with Crippen LogP contribution in [-0.4, -0.2) is 50.7 Å². The Bertz CT molecular complexity index is 3790. The Kier molecular flexibility index (Phi) is 9.12. The van der Waals surface area contributed by atoms with Crippen molar-refractivity contribution in [3.8, 4) is 67.5 Å². The lowest BCUT2D eigenvalue weighted by Crippen LogP contribution is -2.23. The zero-order valence-corrected chi connectivity index (χ0v) is 38.3. The van der Waals surface area contributed by atoms with Gasteiger partial charge in [0.15, 0.2) is 16.9 Å². The molecule has 11 heteroatoms. The summed E-state index contributed by atoms with van der Waals surface area (Å²) in [5, 5.41) is 0. The van der Waals surface area contributed by atoms with E-state index in [4.69, 9.17) is 29.9 Å². The van der Waals surface area contributed by atoms with Gasteiger partial charge in [0.05, 0.1) is 22.7 Å². The smallest absolute Gasteiger partial charge is 0.159 e. The molecule has 0 N–H and O–H groups in total. The van der Waals surface area contributed by atoms with Gasteiger partial charge in [-0.25, -0.2) is 29.9 Å². The molecule has 0 aliphatic carbocycles. The standard InChI is InChI=1S/C58H43N11/c1-65-43-28-11-13-30-45(43)69(46-31-14-12-29-44(46)65)39-24-15-23-38(35-39)49-51(57-63-41-26-17-33-60-54(41)67(57)3)47(36-19-7-5-8-20-36)50(56-62-40-25-16-32-59-53(40)66(56)2)48(37-21-9-6-10-22-37)52(49)58-64-42-27-18-34-61-55(42)68(58)4/h5-35H,1-4H3. The number of rotatable bonds is 7. The second kappa shape index (κ2) is 15.7. The predicted molar refractivity (Wildman–Crippen MR) is 278 cm³/mol. The van der Waals surface area contributed by atoms with Gasteiger partial charge in [0.2, 0.25) is 0 Å². The van der Waals surface area contributed by atoms with E-state index in [9.17, 15) is 0 Å². The molecule has 0 fully saturated rings. The molecule has 0 amide bonds. The second-order valence-corrected chi connectivity index (χ2v) is 17.4. The van der Waals surface area contributed by atoms with Gasteiger partial charge in [0.1, 0.15) is 34.0 Å². The Morgan fingerprint density at radius 2 is 0.681 bits per heavy atom. The summed E-state index contributed by atoms with van der Waals surface area (Å²) in [4.78, 5) is 35.9. The average molecular weight is 894 g/mol. The zero-order valence-electron chi connectivity index (χ0n) is 38.3. The highest BCUT2D eigenvalue weighted by atomic mass is 15.3. The maximum Gasteiger partial charge on any atom is 0.159 e. The van der Waals surface area contributed by atoms with Crippen LogP contribution in [0.2, 0.25) is 0 Å². The molecule has 1 aliphatic heterocycles. The Labute approximate surface area is 397 Å². The van der Waals surface area contributed by atoms with E-state index in [1.165, 1.54) is 0 Å². The van der Waals surface area contributed by atoms with Crippen LogP contribution in [0, 0.1) is 0 Å². The van der Waals surface area contributed by atoms with Gasteiger partial charge in [0.25, 0.3) is 0 Å². The highest BCUT2D eigenvalue weighted by Crippen LogP contribution is 2.57. The zero-order chi connectivity index (χ0) is 46.3. The van der Waals surface area contributed by atoms with Crippen molar-refractivity contribution in [3.63, 3.8) is 0 Å². The molecule has 0 radical (unpaired) electrons. The van der Waals surface area contributed by atoms with Gasteiger partial charge in [-0.05, 0) is 89.5 Å². The molecular weight excluding hydrogens is 851 g/mol. The van der Waals surface area contributed by atoms with Crippen molar-refractivity contribution in [1.82, 2.24) is 43.6 Å². The number of hydrogen-bond acceptors (Lipinski definition) is 8. The van der Waals surface area contributed by atoms with E-state index >= 15 is 0 Å². The number of fused-ring (bicyclic) bond motifs is 5. The molecule has 0 saturated heterocycles. The fourth-order valence-electron chi connectivity index (χ4n) is 10.5. The lowest BCUT2D eigenvalue weighted by molar-refractivity contribution is 0.934. The predicted octanol–water partition coefficient (Wildman–Crippen LogP) is 13.1. The van der Waals surface area contributed by atoms with Gasteiger partial charge in [-0.2, -0.15) is 0 Å². The minimum Gasteiger partial charge on any atom is -0.341 e. The third-order valence-electron chi connectivity index (χ3n) is 13.5. The number of hydrogen-bond donors (Lipinski definition) is 0. The summed E-state index contributed by atoms with van der Waals surface area (Å²) in [6.07, 6.45) is 5.49. The summed E-state index contributed by atoms with van der Waals surface area (Å²) in [6, 6.07) is 59.4. The molecule has 0 unspecified atom stereocenters. The van der Waals surface area contributed by atoms with E-state index in [0.717, 1.165) is 129 Å². The molecule has 13 rings (SSSR count). The largest absolute Gasteiger partial charge is 0.341 e. The second-order valence-electron chi connectivity index (χ2n) is 17.4. The molecular formula is C58H43N11. The molecule has 0 atom stereocenters. The van der Waals surface area contributed by atoms with Gasteiger partial charge >= 0.3 is 0 Å². The Hall–Kier alpha value is -9.22. The fourth-order valence-corrected chi connectivity index (χ4v) is 10.5. The SMILES string of the molecule is CN1c2ccccc2N(c2cccc(-c3c(-c4nc5cccnc5n4C)c(-c4ccccc4)c(-c4nc5cccnc5n4C)c(-c4ccccc4)c3-c3nc4cccnc4n3C)c2)c2ccccc21. The number of anilines is 5. The van der Waals surface area contributed by atoms with E-state index in [2.05, 4.69) is 185 Å². The van der Waals surface area contributed by atoms with E-state index in [1.807, 2.05) is 55.0 Å². The van der Waals surface area contributed by atoms with Crippen LogP contribution in [0.5, 0.6) is 0 Å². The molecule has 7 heterocycles. The number of para-hydroxylation sites is 4. The molecule has 11 nitrogen and oxygen atoms in total. The Morgan fingerprint density at radius 1 is 0.319 bits per heavy atom. The molecule has 330 valence electrons. The third-order valence-corrected chi connectivity index (χ3v) is 13.5.